The van der Waals surface area contributed by atoms with Gasteiger partial charge in [0.25, 0.3) is 5.91 Å². The first-order valence-corrected chi connectivity index (χ1v) is 11.7. The van der Waals surface area contributed by atoms with Crippen molar-refractivity contribution in [1.29, 1.82) is 0 Å². The van der Waals surface area contributed by atoms with Gasteiger partial charge in [0.15, 0.2) is 6.61 Å². The van der Waals surface area contributed by atoms with Crippen molar-refractivity contribution in [3.8, 4) is 5.75 Å². The summed E-state index contributed by atoms with van der Waals surface area (Å²) in [5.41, 5.74) is 2.65. The Bertz CT molecular complexity index is 954. The van der Waals surface area contributed by atoms with Crippen LogP contribution in [-0.4, -0.2) is 34.9 Å². The quantitative estimate of drug-likeness (QED) is 0.584. The number of carbonyl (C=O) groups is 2. The molecule has 33 heavy (non-hydrogen) atoms. The van der Waals surface area contributed by atoms with E-state index >= 15 is 0 Å². The average Bonchev–Trinajstić information content (AvgIpc) is 2.71. The van der Waals surface area contributed by atoms with E-state index in [1.807, 2.05) is 83.1 Å². The molecule has 5 nitrogen and oxygen atoms in total. The summed E-state index contributed by atoms with van der Waals surface area (Å²) >= 11 is 0. The summed E-state index contributed by atoms with van der Waals surface area (Å²) in [6.07, 6.45) is 0.512. The first-order valence-electron chi connectivity index (χ1n) is 11.7. The Kier molecular flexibility index (Phi) is 8.70. The smallest absolute Gasteiger partial charge is 0.261 e. The molecule has 1 atom stereocenters. The van der Waals surface area contributed by atoms with Gasteiger partial charge in [-0.3, -0.25) is 9.59 Å². The number of hydrogen-bond donors (Lipinski definition) is 1. The van der Waals surface area contributed by atoms with Crippen LogP contribution in [0.2, 0.25) is 0 Å². The van der Waals surface area contributed by atoms with E-state index < -0.39 is 6.04 Å². The summed E-state index contributed by atoms with van der Waals surface area (Å²) in [5.74, 6) is 0.335. The molecule has 1 N–H and O–H groups in total. The fraction of sp³-hybridized carbons (Fsp3) is 0.500. The van der Waals surface area contributed by atoms with Gasteiger partial charge in [-0.25, -0.2) is 0 Å². The lowest BCUT2D eigenvalue weighted by atomic mass is 9.86. The standard InChI is InChI=1S/C28H40N2O3/c1-9-23(26(32)29-28(6,7)8)30(18-21-15-11-10-14-20(21)2)25(31)19-33-24-17-13-12-16-22(24)27(3,4)5/h10-17,23H,9,18-19H2,1-8H3,(H,29,32). The van der Waals surface area contributed by atoms with Gasteiger partial charge in [0.1, 0.15) is 11.8 Å². The zero-order valence-corrected chi connectivity index (χ0v) is 21.5. The van der Waals surface area contributed by atoms with Crippen LogP contribution in [0.5, 0.6) is 5.75 Å². The molecule has 0 aliphatic rings. The highest BCUT2D eigenvalue weighted by Crippen LogP contribution is 2.31. The molecule has 0 heterocycles. The van der Waals surface area contributed by atoms with Crippen LogP contribution in [0.3, 0.4) is 0 Å². The Morgan fingerprint density at radius 2 is 1.58 bits per heavy atom. The van der Waals surface area contributed by atoms with Crippen molar-refractivity contribution in [1.82, 2.24) is 10.2 Å². The summed E-state index contributed by atoms with van der Waals surface area (Å²) in [6, 6.07) is 15.2. The molecule has 2 amide bonds. The molecular formula is C28H40N2O3. The molecule has 2 aromatic carbocycles. The van der Waals surface area contributed by atoms with Gasteiger partial charge in [-0.2, -0.15) is 0 Å². The minimum Gasteiger partial charge on any atom is -0.483 e. The van der Waals surface area contributed by atoms with E-state index in [1.165, 1.54) is 0 Å². The second kappa shape index (κ2) is 10.9. The zero-order chi connectivity index (χ0) is 24.8. The summed E-state index contributed by atoms with van der Waals surface area (Å²) in [6.45, 7) is 16.4. The number of ether oxygens (including phenoxy) is 1. The fourth-order valence-electron chi connectivity index (χ4n) is 3.78. The van der Waals surface area contributed by atoms with Crippen molar-refractivity contribution in [2.24, 2.45) is 0 Å². The van der Waals surface area contributed by atoms with Gasteiger partial charge in [-0.05, 0) is 62.3 Å². The molecule has 0 bridgehead atoms. The lowest BCUT2D eigenvalue weighted by molar-refractivity contribution is -0.143. The maximum atomic E-state index is 13.5. The fourth-order valence-corrected chi connectivity index (χ4v) is 3.78. The topological polar surface area (TPSA) is 58.6 Å². The minimum atomic E-state index is -0.585. The molecule has 0 saturated heterocycles. The predicted octanol–water partition coefficient (Wildman–Crippen LogP) is 5.39. The molecule has 2 rings (SSSR count). The Hall–Kier alpha value is -2.82. The highest BCUT2D eigenvalue weighted by atomic mass is 16.5. The molecule has 0 spiro atoms. The number of para-hydroxylation sites is 1. The third-order valence-electron chi connectivity index (χ3n) is 5.53. The van der Waals surface area contributed by atoms with Crippen LogP contribution in [-0.2, 0) is 21.5 Å². The maximum Gasteiger partial charge on any atom is 0.261 e. The van der Waals surface area contributed by atoms with E-state index in [-0.39, 0.29) is 29.4 Å². The van der Waals surface area contributed by atoms with E-state index in [2.05, 4.69) is 26.1 Å². The lowest BCUT2D eigenvalue weighted by Crippen LogP contribution is -2.54. The number of aryl methyl sites for hydroxylation is 1. The number of carbonyl (C=O) groups excluding carboxylic acids is 2. The van der Waals surface area contributed by atoms with E-state index in [1.54, 1.807) is 4.90 Å². The number of nitrogens with zero attached hydrogens (tertiary/aromatic N) is 1. The summed E-state index contributed by atoms with van der Waals surface area (Å²) < 4.78 is 6.03. The zero-order valence-electron chi connectivity index (χ0n) is 21.5. The van der Waals surface area contributed by atoms with Gasteiger partial charge in [0.2, 0.25) is 5.91 Å². The van der Waals surface area contributed by atoms with Crippen molar-refractivity contribution in [2.45, 2.75) is 85.4 Å². The third kappa shape index (κ3) is 7.62. The largest absolute Gasteiger partial charge is 0.483 e. The van der Waals surface area contributed by atoms with Gasteiger partial charge >= 0.3 is 0 Å². The lowest BCUT2D eigenvalue weighted by Gasteiger charge is -2.33. The number of amides is 2. The van der Waals surface area contributed by atoms with Gasteiger partial charge in [-0.1, -0.05) is 70.2 Å². The van der Waals surface area contributed by atoms with E-state index in [4.69, 9.17) is 4.74 Å². The van der Waals surface area contributed by atoms with Crippen molar-refractivity contribution in [2.75, 3.05) is 6.61 Å². The summed E-state index contributed by atoms with van der Waals surface area (Å²) in [7, 11) is 0. The van der Waals surface area contributed by atoms with Crippen molar-refractivity contribution >= 4 is 11.8 Å². The van der Waals surface area contributed by atoms with Gasteiger partial charge in [0.05, 0.1) is 0 Å². The number of rotatable bonds is 8. The molecule has 0 aliphatic carbocycles. The Labute approximate surface area is 199 Å². The number of benzene rings is 2. The maximum absolute atomic E-state index is 13.5. The van der Waals surface area contributed by atoms with E-state index in [0.29, 0.717) is 18.7 Å². The second-order valence-electron chi connectivity index (χ2n) is 10.6. The molecule has 0 aromatic heterocycles. The molecule has 0 radical (unpaired) electrons. The molecule has 5 heteroatoms. The molecule has 2 aromatic rings. The number of nitrogens with one attached hydrogen (secondary N) is 1. The van der Waals surface area contributed by atoms with Gasteiger partial charge < -0.3 is 15.0 Å². The van der Waals surface area contributed by atoms with Crippen molar-refractivity contribution in [3.63, 3.8) is 0 Å². The third-order valence-corrected chi connectivity index (χ3v) is 5.53. The first-order chi connectivity index (χ1) is 15.3. The van der Waals surface area contributed by atoms with E-state index in [0.717, 1.165) is 16.7 Å². The Morgan fingerprint density at radius 1 is 0.970 bits per heavy atom. The van der Waals surface area contributed by atoms with Crippen LogP contribution in [0.25, 0.3) is 0 Å². The van der Waals surface area contributed by atoms with E-state index in [9.17, 15) is 9.59 Å². The van der Waals surface area contributed by atoms with Gasteiger partial charge in [0, 0.05) is 12.1 Å². The van der Waals surface area contributed by atoms with Crippen LogP contribution in [0.4, 0.5) is 0 Å². The molecule has 0 fully saturated rings. The summed E-state index contributed by atoms with van der Waals surface area (Å²) in [4.78, 5) is 28.3. The molecule has 0 aliphatic heterocycles. The molecule has 1 unspecified atom stereocenters. The molecular weight excluding hydrogens is 412 g/mol. The SMILES string of the molecule is CCC(C(=O)NC(C)(C)C)N(Cc1ccccc1C)C(=O)COc1ccccc1C(C)(C)C. The highest BCUT2D eigenvalue weighted by molar-refractivity contribution is 5.88. The normalized spacial score (nSPS) is 12.7. The Morgan fingerprint density at radius 3 is 2.15 bits per heavy atom. The predicted molar refractivity (Wildman–Crippen MR) is 134 cm³/mol. The monoisotopic (exact) mass is 452 g/mol. The Balaban J connectivity index is 2.32. The van der Waals surface area contributed by atoms with Crippen molar-refractivity contribution < 1.29 is 14.3 Å². The number of hydrogen-bond acceptors (Lipinski definition) is 3. The van der Waals surface area contributed by atoms with Gasteiger partial charge in [-0.15, -0.1) is 0 Å². The second-order valence-corrected chi connectivity index (χ2v) is 10.6. The highest BCUT2D eigenvalue weighted by Gasteiger charge is 2.31. The van der Waals surface area contributed by atoms with Crippen LogP contribution in [0, 0.1) is 6.92 Å². The average molecular weight is 453 g/mol. The molecule has 0 saturated carbocycles. The minimum absolute atomic E-state index is 0.112. The van der Waals surface area contributed by atoms with Crippen LogP contribution in [0.15, 0.2) is 48.5 Å². The van der Waals surface area contributed by atoms with Crippen LogP contribution < -0.4 is 10.1 Å². The van der Waals surface area contributed by atoms with Crippen LogP contribution in [0.1, 0.15) is 71.6 Å². The first kappa shape index (κ1) is 26.4. The molecule has 180 valence electrons. The van der Waals surface area contributed by atoms with Crippen molar-refractivity contribution in [3.05, 3.63) is 65.2 Å². The summed E-state index contributed by atoms with van der Waals surface area (Å²) in [5, 5.41) is 3.04. The van der Waals surface area contributed by atoms with Crippen LogP contribution >= 0.6 is 0 Å².